The summed E-state index contributed by atoms with van der Waals surface area (Å²) >= 11 is 3.53. The van der Waals surface area contributed by atoms with Crippen molar-refractivity contribution in [3.05, 3.63) is 63.1 Å². The van der Waals surface area contributed by atoms with Crippen LogP contribution in [0.25, 0.3) is 0 Å². The average Bonchev–Trinajstić information content (AvgIpc) is 2.99. The predicted molar refractivity (Wildman–Crippen MR) is 102 cm³/mol. The lowest BCUT2D eigenvalue weighted by molar-refractivity contribution is 0.352. The number of hydrogen-bond donors (Lipinski definition) is 2. The molecule has 0 fully saturated rings. The Hall–Kier alpha value is -3.11. The quantitative estimate of drug-likeness (QED) is 0.497. The summed E-state index contributed by atoms with van der Waals surface area (Å²) in [4.78, 5) is 2.77. The molecule has 1 aliphatic rings. The Labute approximate surface area is 164 Å². The summed E-state index contributed by atoms with van der Waals surface area (Å²) in [5, 5.41) is 19.7. The van der Waals surface area contributed by atoms with Crippen molar-refractivity contribution in [2.45, 2.75) is 5.92 Å². The molecule has 3 aromatic rings. The molecule has 0 aliphatic carbocycles. The van der Waals surface area contributed by atoms with E-state index in [4.69, 9.17) is 14.2 Å². The lowest BCUT2D eigenvalue weighted by Gasteiger charge is -2.27. The molecule has 2 aromatic carbocycles. The lowest BCUT2D eigenvalue weighted by atomic mass is 9.82. The summed E-state index contributed by atoms with van der Waals surface area (Å²) in [6.45, 7) is 0. The highest BCUT2D eigenvalue weighted by molar-refractivity contribution is 9.10. The van der Waals surface area contributed by atoms with Gasteiger partial charge in [0.2, 0.25) is 11.8 Å². The van der Waals surface area contributed by atoms with Gasteiger partial charge in [-0.2, -0.15) is 5.26 Å². The van der Waals surface area contributed by atoms with E-state index in [0.29, 0.717) is 28.7 Å². The average molecular weight is 427 g/mol. The van der Waals surface area contributed by atoms with Crippen LogP contribution in [0.3, 0.4) is 0 Å². The Morgan fingerprint density at radius 2 is 2.00 bits per heavy atom. The molecule has 27 heavy (non-hydrogen) atoms. The van der Waals surface area contributed by atoms with Crippen LogP contribution in [0.4, 0.5) is 0 Å². The summed E-state index contributed by atoms with van der Waals surface area (Å²) in [5.41, 5.74) is 2.51. The minimum Gasteiger partial charge on any atom is -0.494 e. The van der Waals surface area contributed by atoms with Gasteiger partial charge in [0.15, 0.2) is 11.5 Å². The number of ether oxygens (including phenoxy) is 3. The SMILES string of the molecule is COc1cc(C2c3ccccc3Oc3[nH]c(O)c(C#N)c32)cc(Br)c1OC. The van der Waals surface area contributed by atoms with Crippen LogP contribution in [-0.4, -0.2) is 24.3 Å². The second kappa shape index (κ2) is 6.56. The number of H-pyrrole nitrogens is 1. The van der Waals surface area contributed by atoms with Crippen molar-refractivity contribution >= 4 is 15.9 Å². The highest BCUT2D eigenvalue weighted by Gasteiger charge is 2.35. The molecule has 4 rings (SSSR count). The molecule has 1 aromatic heterocycles. The second-order valence-corrected chi connectivity index (χ2v) is 6.87. The lowest BCUT2D eigenvalue weighted by Crippen LogP contribution is -2.12. The van der Waals surface area contributed by atoms with Gasteiger partial charge < -0.3 is 19.3 Å². The van der Waals surface area contributed by atoms with Crippen LogP contribution in [0.5, 0.6) is 29.0 Å². The number of nitriles is 1. The van der Waals surface area contributed by atoms with Gasteiger partial charge in [0.05, 0.1) is 18.7 Å². The van der Waals surface area contributed by atoms with Crippen LogP contribution in [0.15, 0.2) is 40.9 Å². The molecule has 6 nitrogen and oxygen atoms in total. The van der Waals surface area contributed by atoms with Crippen LogP contribution in [0, 0.1) is 11.3 Å². The number of rotatable bonds is 3. The number of fused-ring (bicyclic) bond motifs is 2. The molecular weight excluding hydrogens is 412 g/mol. The first-order valence-corrected chi connectivity index (χ1v) is 8.91. The van der Waals surface area contributed by atoms with Crippen LogP contribution in [0.1, 0.15) is 28.2 Å². The minimum absolute atomic E-state index is 0.162. The summed E-state index contributed by atoms with van der Waals surface area (Å²) in [5.74, 6) is 1.63. The maximum absolute atomic E-state index is 10.2. The van der Waals surface area contributed by atoms with E-state index in [0.717, 1.165) is 15.6 Å². The molecule has 2 N–H and O–H groups in total. The molecule has 0 saturated heterocycles. The normalized spacial score (nSPS) is 14.5. The van der Waals surface area contributed by atoms with Gasteiger partial charge in [-0.25, -0.2) is 0 Å². The second-order valence-electron chi connectivity index (χ2n) is 6.01. The molecular formula is C20H15BrN2O4. The molecule has 1 atom stereocenters. The highest BCUT2D eigenvalue weighted by atomic mass is 79.9. The van der Waals surface area contributed by atoms with Gasteiger partial charge in [-0.3, -0.25) is 4.98 Å². The van der Waals surface area contributed by atoms with E-state index in [9.17, 15) is 10.4 Å². The fourth-order valence-corrected chi connectivity index (χ4v) is 4.10. The maximum Gasteiger partial charge on any atom is 0.209 e. The molecule has 7 heteroatoms. The third-order valence-electron chi connectivity index (χ3n) is 4.61. The fourth-order valence-electron chi connectivity index (χ4n) is 3.48. The minimum atomic E-state index is -0.326. The molecule has 2 heterocycles. The van der Waals surface area contributed by atoms with E-state index in [1.807, 2.05) is 36.4 Å². The van der Waals surface area contributed by atoms with Crippen molar-refractivity contribution in [3.63, 3.8) is 0 Å². The first kappa shape index (κ1) is 17.3. The zero-order valence-electron chi connectivity index (χ0n) is 14.5. The number of aromatic nitrogens is 1. The van der Waals surface area contributed by atoms with Gasteiger partial charge in [-0.05, 0) is 39.7 Å². The summed E-state index contributed by atoms with van der Waals surface area (Å²) in [7, 11) is 3.14. The number of nitrogens with zero attached hydrogens (tertiary/aromatic N) is 1. The van der Waals surface area contributed by atoms with E-state index < -0.39 is 0 Å². The predicted octanol–water partition coefficient (Wildman–Crippen LogP) is 4.66. The van der Waals surface area contributed by atoms with Gasteiger partial charge in [0.1, 0.15) is 17.4 Å². The molecule has 136 valence electrons. The number of aromatic amines is 1. The molecule has 1 unspecified atom stereocenters. The zero-order chi connectivity index (χ0) is 19.1. The number of halogens is 1. The number of para-hydroxylation sites is 1. The Balaban J connectivity index is 2.01. The van der Waals surface area contributed by atoms with E-state index >= 15 is 0 Å². The number of benzene rings is 2. The Bertz CT molecular complexity index is 1080. The van der Waals surface area contributed by atoms with Crippen LogP contribution in [-0.2, 0) is 0 Å². The number of nitrogens with one attached hydrogen (secondary N) is 1. The van der Waals surface area contributed by atoms with Crippen LogP contribution in [0.2, 0.25) is 0 Å². The van der Waals surface area contributed by atoms with Crippen molar-refractivity contribution < 1.29 is 19.3 Å². The molecule has 0 radical (unpaired) electrons. The Morgan fingerprint density at radius 3 is 2.70 bits per heavy atom. The fraction of sp³-hybridized carbons (Fsp3) is 0.150. The van der Waals surface area contributed by atoms with Crippen LogP contribution < -0.4 is 14.2 Å². The summed E-state index contributed by atoms with van der Waals surface area (Å²) in [6.07, 6.45) is 0. The largest absolute Gasteiger partial charge is 0.494 e. The summed E-state index contributed by atoms with van der Waals surface area (Å²) < 4.78 is 17.5. The van der Waals surface area contributed by atoms with Gasteiger partial charge in [0, 0.05) is 17.0 Å². The summed E-state index contributed by atoms with van der Waals surface area (Å²) in [6, 6.07) is 13.4. The van der Waals surface area contributed by atoms with E-state index in [-0.39, 0.29) is 17.4 Å². The number of hydrogen-bond acceptors (Lipinski definition) is 5. The van der Waals surface area contributed by atoms with Gasteiger partial charge >= 0.3 is 0 Å². The first-order valence-electron chi connectivity index (χ1n) is 8.12. The molecule has 1 aliphatic heterocycles. The third kappa shape index (κ3) is 2.61. The third-order valence-corrected chi connectivity index (χ3v) is 5.20. The monoisotopic (exact) mass is 426 g/mol. The van der Waals surface area contributed by atoms with Crippen molar-refractivity contribution in [2.24, 2.45) is 0 Å². The Morgan fingerprint density at radius 1 is 1.22 bits per heavy atom. The highest BCUT2D eigenvalue weighted by Crippen LogP contribution is 2.51. The van der Waals surface area contributed by atoms with E-state index in [2.05, 4.69) is 27.0 Å². The first-order chi connectivity index (χ1) is 13.1. The van der Waals surface area contributed by atoms with Crippen molar-refractivity contribution in [1.82, 2.24) is 4.98 Å². The molecule has 0 amide bonds. The Kier molecular flexibility index (Phi) is 4.21. The smallest absolute Gasteiger partial charge is 0.209 e. The van der Waals surface area contributed by atoms with Crippen molar-refractivity contribution in [3.8, 4) is 35.1 Å². The van der Waals surface area contributed by atoms with Crippen LogP contribution >= 0.6 is 15.9 Å². The van der Waals surface area contributed by atoms with Gasteiger partial charge in [-0.1, -0.05) is 18.2 Å². The maximum atomic E-state index is 10.2. The molecule has 0 bridgehead atoms. The van der Waals surface area contributed by atoms with E-state index in [1.54, 1.807) is 14.2 Å². The van der Waals surface area contributed by atoms with E-state index in [1.165, 1.54) is 0 Å². The molecule has 0 spiro atoms. The number of methoxy groups -OCH3 is 2. The van der Waals surface area contributed by atoms with Crippen molar-refractivity contribution in [2.75, 3.05) is 14.2 Å². The molecule has 0 saturated carbocycles. The zero-order valence-corrected chi connectivity index (χ0v) is 16.1. The topological polar surface area (TPSA) is 87.5 Å². The van der Waals surface area contributed by atoms with Gasteiger partial charge in [0.25, 0.3) is 0 Å². The van der Waals surface area contributed by atoms with Crippen molar-refractivity contribution in [1.29, 1.82) is 5.26 Å². The number of aromatic hydroxyl groups is 1. The van der Waals surface area contributed by atoms with Gasteiger partial charge in [-0.15, -0.1) is 0 Å². The standard InChI is InChI=1S/C20H15BrN2O4/c1-25-15-8-10(7-13(21)18(15)26-2)16-11-5-3-4-6-14(11)27-20-17(16)12(9-22)19(24)23-20/h3-8,16,23-24H,1-2H3.